The molecular formula is C16H28N6. The van der Waals surface area contributed by atoms with Gasteiger partial charge in [-0.2, -0.15) is 9.97 Å². The fourth-order valence-electron chi connectivity index (χ4n) is 3.69. The van der Waals surface area contributed by atoms with Crippen molar-refractivity contribution in [1.82, 2.24) is 14.9 Å². The van der Waals surface area contributed by atoms with Crippen LogP contribution >= 0.6 is 0 Å². The van der Waals surface area contributed by atoms with E-state index in [-0.39, 0.29) is 0 Å². The SMILES string of the molecule is CNc1nc(N)nc(N2CCN(C)CC2)c1C1CCCCC1. The van der Waals surface area contributed by atoms with Crippen LogP contribution in [0.1, 0.15) is 43.6 Å². The zero-order chi connectivity index (χ0) is 15.5. The molecule has 0 aromatic carbocycles. The van der Waals surface area contributed by atoms with Gasteiger partial charge in [-0.1, -0.05) is 19.3 Å². The van der Waals surface area contributed by atoms with E-state index >= 15 is 0 Å². The number of nitrogens with zero attached hydrogens (tertiary/aromatic N) is 4. The third-order valence-electron chi connectivity index (χ3n) is 5.00. The van der Waals surface area contributed by atoms with Crippen LogP contribution in [0, 0.1) is 0 Å². The largest absolute Gasteiger partial charge is 0.373 e. The molecule has 1 aromatic heterocycles. The Morgan fingerprint density at radius 1 is 1.05 bits per heavy atom. The predicted molar refractivity (Wildman–Crippen MR) is 91.5 cm³/mol. The summed E-state index contributed by atoms with van der Waals surface area (Å²) in [6.07, 6.45) is 6.44. The summed E-state index contributed by atoms with van der Waals surface area (Å²) in [5.41, 5.74) is 7.26. The molecule has 0 bridgehead atoms. The molecule has 1 aromatic rings. The highest BCUT2D eigenvalue weighted by molar-refractivity contribution is 5.63. The fraction of sp³-hybridized carbons (Fsp3) is 0.750. The van der Waals surface area contributed by atoms with Crippen molar-refractivity contribution in [2.75, 3.05) is 56.2 Å². The van der Waals surface area contributed by atoms with Crippen LogP contribution < -0.4 is 16.0 Å². The molecule has 0 radical (unpaired) electrons. The molecule has 0 spiro atoms. The second kappa shape index (κ2) is 6.69. The van der Waals surface area contributed by atoms with Crippen LogP contribution in [0.4, 0.5) is 17.6 Å². The monoisotopic (exact) mass is 304 g/mol. The van der Waals surface area contributed by atoms with Gasteiger partial charge in [0.15, 0.2) is 0 Å². The first kappa shape index (κ1) is 15.3. The summed E-state index contributed by atoms with van der Waals surface area (Å²) in [4.78, 5) is 13.8. The Balaban J connectivity index is 1.97. The molecule has 1 saturated heterocycles. The number of nitrogen functional groups attached to an aromatic ring is 1. The van der Waals surface area contributed by atoms with E-state index < -0.39 is 0 Å². The molecule has 0 amide bonds. The van der Waals surface area contributed by atoms with Crippen molar-refractivity contribution in [3.05, 3.63) is 5.56 Å². The lowest BCUT2D eigenvalue weighted by molar-refractivity contribution is 0.311. The molecule has 6 nitrogen and oxygen atoms in total. The van der Waals surface area contributed by atoms with Gasteiger partial charge in [-0.15, -0.1) is 0 Å². The number of nitrogens with two attached hydrogens (primary N) is 1. The number of piperazine rings is 1. The molecule has 1 aliphatic carbocycles. The van der Waals surface area contributed by atoms with E-state index in [1.54, 1.807) is 0 Å². The third kappa shape index (κ3) is 3.11. The van der Waals surface area contributed by atoms with Crippen molar-refractivity contribution in [3.8, 4) is 0 Å². The highest BCUT2D eigenvalue weighted by Gasteiger charge is 2.28. The number of hydrogen-bond donors (Lipinski definition) is 2. The van der Waals surface area contributed by atoms with E-state index in [4.69, 9.17) is 5.73 Å². The average Bonchev–Trinajstić information content (AvgIpc) is 2.55. The second-order valence-electron chi connectivity index (χ2n) is 6.54. The Hall–Kier alpha value is -1.56. The van der Waals surface area contributed by atoms with Gasteiger partial charge in [0, 0.05) is 38.8 Å². The quantitative estimate of drug-likeness (QED) is 0.889. The molecule has 6 heteroatoms. The lowest BCUT2D eigenvalue weighted by atomic mass is 9.84. The van der Waals surface area contributed by atoms with Gasteiger partial charge in [0.05, 0.1) is 0 Å². The van der Waals surface area contributed by atoms with E-state index in [1.165, 1.54) is 37.7 Å². The Labute approximate surface area is 133 Å². The maximum absolute atomic E-state index is 5.97. The van der Waals surface area contributed by atoms with Gasteiger partial charge in [-0.25, -0.2) is 0 Å². The van der Waals surface area contributed by atoms with Crippen LogP contribution in [0.25, 0.3) is 0 Å². The summed E-state index contributed by atoms with van der Waals surface area (Å²) in [6, 6.07) is 0. The zero-order valence-corrected chi connectivity index (χ0v) is 13.8. The van der Waals surface area contributed by atoms with Crippen molar-refractivity contribution < 1.29 is 0 Å². The van der Waals surface area contributed by atoms with E-state index in [2.05, 4.69) is 32.1 Å². The minimum Gasteiger partial charge on any atom is -0.373 e. The van der Waals surface area contributed by atoms with Crippen LogP contribution in [-0.2, 0) is 0 Å². The van der Waals surface area contributed by atoms with Crippen LogP contribution in [0.3, 0.4) is 0 Å². The molecule has 122 valence electrons. The molecule has 0 unspecified atom stereocenters. The summed E-state index contributed by atoms with van der Waals surface area (Å²) in [5.74, 6) is 2.93. The first-order chi connectivity index (χ1) is 10.7. The Bertz CT molecular complexity index is 504. The topological polar surface area (TPSA) is 70.3 Å². The van der Waals surface area contributed by atoms with E-state index in [0.717, 1.165) is 37.8 Å². The molecule has 3 rings (SSSR count). The molecule has 1 aliphatic heterocycles. The molecule has 3 N–H and O–H groups in total. The highest BCUT2D eigenvalue weighted by Crippen LogP contribution is 2.40. The van der Waals surface area contributed by atoms with Gasteiger partial charge < -0.3 is 20.9 Å². The lowest BCUT2D eigenvalue weighted by Gasteiger charge is -2.36. The number of nitrogens with one attached hydrogen (secondary N) is 1. The van der Waals surface area contributed by atoms with Gasteiger partial charge in [0.1, 0.15) is 11.6 Å². The Morgan fingerprint density at radius 2 is 1.73 bits per heavy atom. The van der Waals surface area contributed by atoms with Gasteiger partial charge in [-0.05, 0) is 25.8 Å². The summed E-state index contributed by atoms with van der Waals surface area (Å²) >= 11 is 0. The molecule has 2 aliphatic rings. The minimum absolute atomic E-state index is 0.373. The van der Waals surface area contributed by atoms with Crippen molar-refractivity contribution in [2.45, 2.75) is 38.0 Å². The van der Waals surface area contributed by atoms with E-state index in [1.807, 2.05) is 7.05 Å². The number of hydrogen-bond acceptors (Lipinski definition) is 6. The number of likely N-dealkylation sites (N-methyl/N-ethyl adjacent to an activating group) is 1. The molecule has 2 heterocycles. The Kier molecular flexibility index (Phi) is 4.66. The highest BCUT2D eigenvalue weighted by atomic mass is 15.3. The van der Waals surface area contributed by atoms with Crippen molar-refractivity contribution >= 4 is 17.6 Å². The smallest absolute Gasteiger partial charge is 0.223 e. The van der Waals surface area contributed by atoms with Crippen LogP contribution in [0.2, 0.25) is 0 Å². The molecule has 0 atom stereocenters. The summed E-state index contributed by atoms with van der Waals surface area (Å²) in [6.45, 7) is 4.16. The first-order valence-electron chi connectivity index (χ1n) is 8.47. The van der Waals surface area contributed by atoms with Gasteiger partial charge in [0.2, 0.25) is 5.95 Å². The summed E-state index contributed by atoms with van der Waals surface area (Å²) < 4.78 is 0. The van der Waals surface area contributed by atoms with Gasteiger partial charge in [0.25, 0.3) is 0 Å². The number of anilines is 3. The van der Waals surface area contributed by atoms with E-state index in [0.29, 0.717) is 11.9 Å². The molecule has 1 saturated carbocycles. The zero-order valence-electron chi connectivity index (χ0n) is 13.8. The maximum atomic E-state index is 5.97. The van der Waals surface area contributed by atoms with E-state index in [9.17, 15) is 0 Å². The molecule has 2 fully saturated rings. The Morgan fingerprint density at radius 3 is 2.36 bits per heavy atom. The average molecular weight is 304 g/mol. The standard InChI is InChI=1S/C16H28N6/c1-18-14-13(12-6-4-3-5-7-12)15(20-16(17)19-14)22-10-8-21(2)9-11-22/h12H,3-11H2,1-2H3,(H3,17,18,19,20). The van der Waals surface area contributed by atoms with Gasteiger partial charge in [-0.3, -0.25) is 0 Å². The number of rotatable bonds is 3. The lowest BCUT2D eigenvalue weighted by Crippen LogP contribution is -2.45. The van der Waals surface area contributed by atoms with Crippen LogP contribution in [0.5, 0.6) is 0 Å². The van der Waals surface area contributed by atoms with Gasteiger partial charge >= 0.3 is 0 Å². The predicted octanol–water partition coefficient (Wildman–Crippen LogP) is 1.90. The van der Waals surface area contributed by atoms with Crippen LogP contribution in [-0.4, -0.2) is 55.1 Å². The van der Waals surface area contributed by atoms with Crippen molar-refractivity contribution in [1.29, 1.82) is 0 Å². The van der Waals surface area contributed by atoms with Crippen molar-refractivity contribution in [2.24, 2.45) is 0 Å². The van der Waals surface area contributed by atoms with Crippen LogP contribution in [0.15, 0.2) is 0 Å². The second-order valence-corrected chi connectivity index (χ2v) is 6.54. The molecule has 22 heavy (non-hydrogen) atoms. The summed E-state index contributed by atoms with van der Waals surface area (Å²) in [5, 5.41) is 3.25. The first-order valence-corrected chi connectivity index (χ1v) is 8.47. The maximum Gasteiger partial charge on any atom is 0.223 e. The summed E-state index contributed by atoms with van der Waals surface area (Å²) in [7, 11) is 4.11. The molecular weight excluding hydrogens is 276 g/mol. The fourth-order valence-corrected chi connectivity index (χ4v) is 3.69. The van der Waals surface area contributed by atoms with Crippen molar-refractivity contribution in [3.63, 3.8) is 0 Å². The third-order valence-corrected chi connectivity index (χ3v) is 5.00. The normalized spacial score (nSPS) is 21.1. The minimum atomic E-state index is 0.373. The number of aromatic nitrogens is 2.